The fourth-order valence-electron chi connectivity index (χ4n) is 0.885. The third-order valence-corrected chi connectivity index (χ3v) is 2.02. The molecule has 0 rings (SSSR count). The van der Waals surface area contributed by atoms with Gasteiger partial charge in [-0.3, -0.25) is 9.53 Å². The van der Waals surface area contributed by atoms with Crippen LogP contribution in [0.2, 0.25) is 0 Å². The Morgan fingerprint density at radius 2 is 0.957 bits per heavy atom. The van der Waals surface area contributed by atoms with Crippen molar-refractivity contribution in [2.45, 2.75) is 36.2 Å². The van der Waals surface area contributed by atoms with Crippen molar-refractivity contribution in [2.75, 3.05) is 0 Å². The molecule has 0 spiro atoms. The highest BCUT2D eigenvalue weighted by Crippen LogP contribution is 2.56. The molecule has 0 radical (unpaired) electrons. The van der Waals surface area contributed by atoms with Gasteiger partial charge in [0.1, 0.15) is 0 Å². The molecule has 0 aromatic rings. The number of ether oxygens (including phenoxy) is 1. The molecule has 0 heterocycles. The Morgan fingerprint density at radius 3 is 1.13 bits per heavy atom. The Kier molecular flexibility index (Phi) is 5.02. The van der Waals surface area contributed by atoms with Crippen molar-refractivity contribution in [1.82, 2.24) is 0 Å². The summed E-state index contributed by atoms with van der Waals surface area (Å²) < 4.78 is 172. The van der Waals surface area contributed by atoms with Crippen molar-refractivity contribution in [3.8, 4) is 0 Å². The Labute approximate surface area is 115 Å². The van der Waals surface area contributed by atoms with E-state index in [0.29, 0.717) is 0 Å². The van der Waals surface area contributed by atoms with E-state index in [4.69, 9.17) is 0 Å². The van der Waals surface area contributed by atoms with Crippen LogP contribution in [0.3, 0.4) is 0 Å². The summed E-state index contributed by atoms with van der Waals surface area (Å²) in [6, 6.07) is -4.64. The van der Waals surface area contributed by atoms with E-state index in [-0.39, 0.29) is 0 Å². The summed E-state index contributed by atoms with van der Waals surface area (Å²) in [7, 11) is 0. The van der Waals surface area contributed by atoms with Gasteiger partial charge in [0, 0.05) is 0 Å². The summed E-state index contributed by atoms with van der Waals surface area (Å²) in [5, 5.41) is 0. The summed E-state index contributed by atoms with van der Waals surface area (Å²) >= 11 is 0. The molecule has 0 saturated carbocycles. The summed E-state index contributed by atoms with van der Waals surface area (Å²) in [6.07, 6.45) is -22.5. The fraction of sp³-hybridized carbons (Fsp3) is 0.857. The molecule has 0 bridgehead atoms. The molecular formula is C7F14O2. The molecule has 138 valence electrons. The lowest BCUT2D eigenvalue weighted by molar-refractivity contribution is -0.492. The monoisotopic (exact) mass is 382 g/mol. The Hall–Kier alpha value is -1.35. The maximum atomic E-state index is 13.1. The Morgan fingerprint density at radius 1 is 0.609 bits per heavy atom. The van der Waals surface area contributed by atoms with E-state index in [1.54, 1.807) is 0 Å². The second-order valence-corrected chi connectivity index (χ2v) is 3.63. The van der Waals surface area contributed by atoms with Gasteiger partial charge in [0.25, 0.3) is 0 Å². The standard InChI is InChI=1S/C7F14O2/c8-1(22)2(9,5(13,14)15)23-4(12,7(19,20)21)3(10,11)6(16,17)18. The van der Waals surface area contributed by atoms with Gasteiger partial charge in [0.05, 0.1) is 0 Å². The molecule has 16 heteroatoms. The van der Waals surface area contributed by atoms with Crippen molar-refractivity contribution >= 4 is 6.04 Å². The van der Waals surface area contributed by atoms with Crippen molar-refractivity contribution in [3.63, 3.8) is 0 Å². The van der Waals surface area contributed by atoms with Gasteiger partial charge in [0.15, 0.2) is 0 Å². The highest BCUT2D eigenvalue weighted by molar-refractivity contribution is 5.77. The number of alkyl halides is 13. The van der Waals surface area contributed by atoms with Gasteiger partial charge in [0.2, 0.25) is 0 Å². The smallest absolute Gasteiger partial charge is 0.280 e. The first-order valence-corrected chi connectivity index (χ1v) is 4.51. The van der Waals surface area contributed by atoms with Gasteiger partial charge >= 0.3 is 42.2 Å². The van der Waals surface area contributed by atoms with Crippen LogP contribution in [0.15, 0.2) is 0 Å². The minimum atomic E-state index is -7.84. The third-order valence-electron chi connectivity index (χ3n) is 2.02. The molecule has 2 atom stereocenters. The summed E-state index contributed by atoms with van der Waals surface area (Å²) in [5.41, 5.74) is 0. The average Bonchev–Trinajstić information content (AvgIpc) is 2.23. The lowest BCUT2D eigenvalue weighted by atomic mass is 10.1. The van der Waals surface area contributed by atoms with Gasteiger partial charge in [-0.2, -0.15) is 61.5 Å². The second-order valence-electron chi connectivity index (χ2n) is 3.63. The molecule has 0 aromatic carbocycles. The van der Waals surface area contributed by atoms with Crippen LogP contribution in [0.1, 0.15) is 0 Å². The van der Waals surface area contributed by atoms with Crippen molar-refractivity contribution in [3.05, 3.63) is 0 Å². The van der Waals surface area contributed by atoms with Gasteiger partial charge < -0.3 is 0 Å². The summed E-state index contributed by atoms with van der Waals surface area (Å²) in [4.78, 5) is 9.75. The molecule has 2 nitrogen and oxygen atoms in total. The van der Waals surface area contributed by atoms with Crippen LogP contribution in [0.5, 0.6) is 0 Å². The zero-order valence-electron chi connectivity index (χ0n) is 9.61. The maximum Gasteiger partial charge on any atom is 0.459 e. The van der Waals surface area contributed by atoms with Gasteiger partial charge in [-0.15, -0.1) is 0 Å². The van der Waals surface area contributed by atoms with Crippen LogP contribution >= 0.6 is 0 Å². The molecule has 0 fully saturated rings. The molecular weight excluding hydrogens is 382 g/mol. The predicted octanol–water partition coefficient (Wildman–Crippen LogP) is 4.15. The van der Waals surface area contributed by atoms with Crippen LogP contribution in [0, 0.1) is 0 Å². The van der Waals surface area contributed by atoms with Crippen LogP contribution in [-0.2, 0) is 9.53 Å². The molecule has 0 saturated heterocycles. The molecule has 2 unspecified atom stereocenters. The SMILES string of the molecule is O=C(F)C(F)(OC(F)(C(F)(F)F)C(F)(F)C(F)(F)F)C(F)(F)F. The zero-order valence-corrected chi connectivity index (χ0v) is 9.61. The van der Waals surface area contributed by atoms with Gasteiger partial charge in [-0.1, -0.05) is 0 Å². The van der Waals surface area contributed by atoms with Gasteiger partial charge in [-0.25, -0.2) is 0 Å². The number of carbonyl (C=O) groups excluding carboxylic acids is 1. The van der Waals surface area contributed by atoms with E-state index >= 15 is 0 Å². The number of halogens is 14. The Bertz CT molecular complexity index is 459. The first-order valence-electron chi connectivity index (χ1n) is 4.51. The lowest BCUT2D eigenvalue weighted by Crippen LogP contribution is -2.68. The van der Waals surface area contributed by atoms with E-state index in [0.717, 1.165) is 0 Å². The summed E-state index contributed by atoms with van der Waals surface area (Å²) in [6.45, 7) is 0. The first-order chi connectivity index (χ1) is 9.65. The highest BCUT2D eigenvalue weighted by atomic mass is 19.4. The van der Waals surface area contributed by atoms with Crippen LogP contribution in [0.25, 0.3) is 0 Å². The molecule has 0 amide bonds. The normalized spacial score (nSPS) is 19.9. The minimum absolute atomic E-state index is 1.43. The molecule has 0 aliphatic carbocycles. The van der Waals surface area contributed by atoms with Crippen molar-refractivity contribution in [1.29, 1.82) is 0 Å². The Balaban J connectivity index is 6.43. The third kappa shape index (κ3) is 3.30. The first kappa shape index (κ1) is 21.6. The molecule has 0 aliphatic heterocycles. The second kappa shape index (κ2) is 5.34. The molecule has 0 aromatic heterocycles. The number of hydrogen-bond donors (Lipinski definition) is 0. The predicted molar refractivity (Wildman–Crippen MR) is 38.0 cm³/mol. The molecule has 0 N–H and O–H groups in total. The number of hydrogen-bond acceptors (Lipinski definition) is 2. The summed E-state index contributed by atoms with van der Waals surface area (Å²) in [5.74, 6) is -22.7. The van der Waals surface area contributed by atoms with Crippen molar-refractivity contribution < 1.29 is 71.0 Å². The fourth-order valence-corrected chi connectivity index (χ4v) is 0.885. The topological polar surface area (TPSA) is 26.3 Å². The number of rotatable bonds is 4. The van der Waals surface area contributed by atoms with E-state index in [1.807, 2.05) is 0 Å². The highest BCUT2D eigenvalue weighted by Gasteiger charge is 2.86. The quantitative estimate of drug-likeness (QED) is 0.540. The van der Waals surface area contributed by atoms with Crippen LogP contribution in [0.4, 0.5) is 61.5 Å². The zero-order chi connectivity index (χ0) is 19.3. The largest absolute Gasteiger partial charge is 0.459 e. The van der Waals surface area contributed by atoms with Gasteiger partial charge in [-0.05, 0) is 0 Å². The van der Waals surface area contributed by atoms with Crippen LogP contribution < -0.4 is 0 Å². The maximum absolute atomic E-state index is 13.1. The van der Waals surface area contributed by atoms with E-state index in [1.165, 1.54) is 4.74 Å². The number of carbonyl (C=O) groups is 1. The van der Waals surface area contributed by atoms with Crippen LogP contribution in [-0.4, -0.2) is 42.2 Å². The van der Waals surface area contributed by atoms with Crippen molar-refractivity contribution in [2.24, 2.45) is 0 Å². The minimum Gasteiger partial charge on any atom is -0.280 e. The lowest BCUT2D eigenvalue weighted by Gasteiger charge is -2.38. The van der Waals surface area contributed by atoms with E-state index < -0.39 is 42.2 Å². The molecule has 23 heavy (non-hydrogen) atoms. The van der Waals surface area contributed by atoms with E-state index in [9.17, 15) is 66.3 Å². The average molecular weight is 382 g/mol. The molecule has 0 aliphatic rings. The van der Waals surface area contributed by atoms with E-state index in [2.05, 4.69) is 0 Å².